The molecule has 0 aliphatic carbocycles. The second kappa shape index (κ2) is 4.92. The average Bonchev–Trinajstić information content (AvgIpc) is 2.79. The van der Waals surface area contributed by atoms with Gasteiger partial charge in [-0.15, -0.1) is 0 Å². The Morgan fingerprint density at radius 1 is 1.41 bits per heavy atom. The van der Waals surface area contributed by atoms with Crippen molar-refractivity contribution in [3.63, 3.8) is 0 Å². The fourth-order valence-corrected chi connectivity index (χ4v) is 2.13. The molecule has 2 rings (SSSR count). The van der Waals surface area contributed by atoms with Crippen molar-refractivity contribution in [3.8, 4) is 0 Å². The standard InChI is InChI=1S/C11H11N3O2S/c1-2-9-12-10(17-13-9)14(11(15)16)8-6-4-3-5-7-8/h3-7H,2H2,1H3,(H,15,16). The van der Waals surface area contributed by atoms with Crippen LogP contribution in [0.15, 0.2) is 30.3 Å². The van der Waals surface area contributed by atoms with Crippen molar-refractivity contribution in [1.82, 2.24) is 9.36 Å². The van der Waals surface area contributed by atoms with E-state index in [1.165, 1.54) is 0 Å². The monoisotopic (exact) mass is 249 g/mol. The zero-order chi connectivity index (χ0) is 12.3. The molecule has 6 heteroatoms. The molecule has 5 nitrogen and oxygen atoms in total. The Hall–Kier alpha value is -1.95. The van der Waals surface area contributed by atoms with Gasteiger partial charge in [-0.1, -0.05) is 25.1 Å². The molecule has 1 N–H and O–H groups in total. The maximum absolute atomic E-state index is 11.3. The van der Waals surface area contributed by atoms with Gasteiger partial charge in [0.05, 0.1) is 5.69 Å². The Labute approximate surface area is 103 Å². The van der Waals surface area contributed by atoms with Crippen LogP contribution in [0, 0.1) is 0 Å². The number of aryl methyl sites for hydroxylation is 1. The molecule has 0 saturated heterocycles. The number of hydrogen-bond donors (Lipinski definition) is 1. The van der Waals surface area contributed by atoms with Crippen molar-refractivity contribution in [1.29, 1.82) is 0 Å². The third-order valence-electron chi connectivity index (χ3n) is 2.17. The first kappa shape index (κ1) is 11.5. The van der Waals surface area contributed by atoms with Crippen LogP contribution in [0.4, 0.5) is 15.6 Å². The number of para-hydroxylation sites is 1. The Bertz CT molecular complexity index is 512. The van der Waals surface area contributed by atoms with E-state index in [4.69, 9.17) is 0 Å². The van der Waals surface area contributed by atoms with Crippen LogP contribution < -0.4 is 4.90 Å². The fraction of sp³-hybridized carbons (Fsp3) is 0.182. The van der Waals surface area contributed by atoms with Crippen LogP contribution in [0.5, 0.6) is 0 Å². The number of rotatable bonds is 3. The summed E-state index contributed by atoms with van der Waals surface area (Å²) in [6, 6.07) is 8.85. The lowest BCUT2D eigenvalue weighted by Crippen LogP contribution is -2.23. The number of hydrogen-bond acceptors (Lipinski definition) is 4. The molecule has 0 aliphatic heterocycles. The largest absolute Gasteiger partial charge is 0.464 e. The molecule has 0 aliphatic rings. The summed E-state index contributed by atoms with van der Waals surface area (Å²) in [5, 5.41) is 9.60. The molecule has 0 spiro atoms. The first-order valence-corrected chi connectivity index (χ1v) is 5.90. The molecule has 2 aromatic rings. The quantitative estimate of drug-likeness (QED) is 0.908. The van der Waals surface area contributed by atoms with Crippen molar-refractivity contribution in [2.75, 3.05) is 4.90 Å². The average molecular weight is 249 g/mol. The lowest BCUT2D eigenvalue weighted by atomic mass is 10.3. The van der Waals surface area contributed by atoms with Crippen molar-refractivity contribution in [2.45, 2.75) is 13.3 Å². The van der Waals surface area contributed by atoms with E-state index in [9.17, 15) is 9.90 Å². The number of aromatic nitrogens is 2. The Morgan fingerprint density at radius 3 is 2.65 bits per heavy atom. The van der Waals surface area contributed by atoms with Crippen molar-refractivity contribution in [2.24, 2.45) is 0 Å². The summed E-state index contributed by atoms with van der Waals surface area (Å²) in [5.74, 6) is 0.659. The molecule has 1 aromatic carbocycles. The Kier molecular flexibility index (Phi) is 3.34. The minimum atomic E-state index is -1.06. The van der Waals surface area contributed by atoms with E-state index < -0.39 is 6.09 Å². The predicted octanol–water partition coefficient (Wildman–Crippen LogP) is 2.92. The highest BCUT2D eigenvalue weighted by atomic mass is 32.1. The predicted molar refractivity (Wildman–Crippen MR) is 65.9 cm³/mol. The minimum Gasteiger partial charge on any atom is -0.464 e. The molecule has 17 heavy (non-hydrogen) atoms. The van der Waals surface area contributed by atoms with Gasteiger partial charge >= 0.3 is 6.09 Å². The molecular formula is C11H11N3O2S. The first-order valence-electron chi connectivity index (χ1n) is 5.13. The van der Waals surface area contributed by atoms with E-state index in [1.54, 1.807) is 24.3 Å². The van der Waals surface area contributed by atoms with E-state index in [0.717, 1.165) is 16.4 Å². The molecule has 0 atom stereocenters. The molecule has 0 bridgehead atoms. The number of nitrogens with zero attached hydrogens (tertiary/aromatic N) is 3. The van der Waals surface area contributed by atoms with Gasteiger partial charge in [0.25, 0.3) is 0 Å². The lowest BCUT2D eigenvalue weighted by molar-refractivity contribution is 0.205. The van der Waals surface area contributed by atoms with Crippen LogP contribution in [0.25, 0.3) is 0 Å². The molecule has 1 heterocycles. The SMILES string of the molecule is CCc1nsc(N(C(=O)O)c2ccccc2)n1. The van der Waals surface area contributed by atoms with E-state index in [-0.39, 0.29) is 0 Å². The lowest BCUT2D eigenvalue weighted by Gasteiger charge is -2.14. The van der Waals surface area contributed by atoms with E-state index >= 15 is 0 Å². The van der Waals surface area contributed by atoms with Crippen LogP contribution in [-0.2, 0) is 6.42 Å². The summed E-state index contributed by atoms with van der Waals surface area (Å²) >= 11 is 1.09. The summed E-state index contributed by atoms with van der Waals surface area (Å²) in [6.45, 7) is 1.93. The normalized spacial score (nSPS) is 10.2. The molecule has 0 radical (unpaired) electrons. The Balaban J connectivity index is 2.39. The van der Waals surface area contributed by atoms with Crippen LogP contribution in [0.1, 0.15) is 12.7 Å². The maximum atomic E-state index is 11.3. The number of benzene rings is 1. The van der Waals surface area contributed by atoms with Crippen molar-refractivity contribution < 1.29 is 9.90 Å². The first-order chi connectivity index (χ1) is 8.22. The number of carboxylic acid groups (broad SMARTS) is 1. The van der Waals surface area contributed by atoms with E-state index in [0.29, 0.717) is 23.1 Å². The highest BCUT2D eigenvalue weighted by Crippen LogP contribution is 2.26. The molecular weight excluding hydrogens is 238 g/mol. The summed E-state index contributed by atoms with van der Waals surface area (Å²) < 4.78 is 4.09. The van der Waals surface area contributed by atoms with Gasteiger partial charge in [-0.25, -0.2) is 14.7 Å². The fourth-order valence-electron chi connectivity index (χ4n) is 1.36. The van der Waals surface area contributed by atoms with Crippen LogP contribution in [-0.4, -0.2) is 20.6 Å². The third kappa shape index (κ3) is 2.42. The molecule has 0 unspecified atom stereocenters. The second-order valence-corrected chi connectivity index (χ2v) is 4.03. The van der Waals surface area contributed by atoms with Crippen molar-refractivity contribution >= 4 is 28.4 Å². The van der Waals surface area contributed by atoms with Gasteiger partial charge in [-0.05, 0) is 12.1 Å². The molecule has 0 saturated carbocycles. The summed E-state index contributed by atoms with van der Waals surface area (Å²) in [6.07, 6.45) is -0.367. The number of anilines is 2. The minimum absolute atomic E-state index is 0.376. The van der Waals surface area contributed by atoms with Gasteiger partial charge in [-0.2, -0.15) is 4.37 Å². The second-order valence-electron chi connectivity index (χ2n) is 3.30. The van der Waals surface area contributed by atoms with E-state index in [1.807, 2.05) is 13.0 Å². The van der Waals surface area contributed by atoms with Crippen LogP contribution in [0.2, 0.25) is 0 Å². The van der Waals surface area contributed by atoms with Crippen molar-refractivity contribution in [3.05, 3.63) is 36.2 Å². The zero-order valence-corrected chi connectivity index (χ0v) is 10.0. The van der Waals surface area contributed by atoms with Crippen LogP contribution in [0.3, 0.4) is 0 Å². The molecule has 0 fully saturated rings. The highest BCUT2D eigenvalue weighted by Gasteiger charge is 2.20. The van der Waals surface area contributed by atoms with Crippen LogP contribution >= 0.6 is 11.5 Å². The Morgan fingerprint density at radius 2 is 2.12 bits per heavy atom. The summed E-state index contributed by atoms with van der Waals surface area (Å²) in [4.78, 5) is 16.6. The van der Waals surface area contributed by atoms with Gasteiger partial charge in [0.1, 0.15) is 5.82 Å². The molecule has 1 amide bonds. The van der Waals surface area contributed by atoms with Gasteiger partial charge in [0, 0.05) is 18.0 Å². The molecule has 1 aromatic heterocycles. The summed E-state index contributed by atoms with van der Waals surface area (Å²) in [5.41, 5.74) is 0.568. The third-order valence-corrected chi connectivity index (χ3v) is 2.91. The van der Waals surface area contributed by atoms with Gasteiger partial charge in [0.15, 0.2) is 0 Å². The van der Waals surface area contributed by atoms with Gasteiger partial charge in [0.2, 0.25) is 5.13 Å². The zero-order valence-electron chi connectivity index (χ0n) is 9.20. The topological polar surface area (TPSA) is 66.3 Å². The number of amides is 1. The smallest absolute Gasteiger partial charge is 0.418 e. The molecule has 88 valence electrons. The number of carbonyl (C=O) groups is 1. The van der Waals surface area contributed by atoms with Gasteiger partial charge < -0.3 is 5.11 Å². The van der Waals surface area contributed by atoms with E-state index in [2.05, 4.69) is 9.36 Å². The van der Waals surface area contributed by atoms with Gasteiger partial charge in [-0.3, -0.25) is 0 Å². The summed E-state index contributed by atoms with van der Waals surface area (Å²) in [7, 11) is 0. The highest BCUT2D eigenvalue weighted by molar-refractivity contribution is 7.10. The maximum Gasteiger partial charge on any atom is 0.418 e.